The van der Waals surface area contributed by atoms with Gasteiger partial charge >= 0.3 is 0 Å². The zero-order valence-electron chi connectivity index (χ0n) is 9.98. The van der Waals surface area contributed by atoms with Crippen LogP contribution in [0.3, 0.4) is 0 Å². The van der Waals surface area contributed by atoms with Crippen molar-refractivity contribution >= 4 is 23.1 Å². The first kappa shape index (κ1) is 12.4. The van der Waals surface area contributed by atoms with Crippen LogP contribution in [0.5, 0.6) is 0 Å². The molecule has 1 aromatic rings. The Bertz CT molecular complexity index is 300. The zero-order chi connectivity index (χ0) is 11.4. The summed E-state index contributed by atoms with van der Waals surface area (Å²) in [6.45, 7) is 4.47. The number of rotatable bonds is 5. The quantitative estimate of drug-likeness (QED) is 0.873. The largest absolute Gasteiger partial charge is 0.306 e. The average molecular weight is 256 g/mol. The highest BCUT2D eigenvalue weighted by molar-refractivity contribution is 7.99. The summed E-state index contributed by atoms with van der Waals surface area (Å²) in [4.78, 5) is 4.36. The van der Waals surface area contributed by atoms with Crippen LogP contribution in [0.2, 0.25) is 0 Å². The summed E-state index contributed by atoms with van der Waals surface area (Å²) in [5.41, 5.74) is 3.11. The van der Waals surface area contributed by atoms with Gasteiger partial charge in [0.1, 0.15) is 0 Å². The summed E-state index contributed by atoms with van der Waals surface area (Å²) in [7, 11) is 0. The second-order valence-electron chi connectivity index (χ2n) is 4.39. The van der Waals surface area contributed by atoms with Crippen LogP contribution >= 0.6 is 23.1 Å². The molecule has 1 fully saturated rings. The lowest BCUT2D eigenvalue weighted by Crippen LogP contribution is -2.29. The van der Waals surface area contributed by atoms with Gasteiger partial charge in [-0.3, -0.25) is 0 Å². The normalized spacial score (nSPS) is 27.1. The second kappa shape index (κ2) is 6.03. The van der Waals surface area contributed by atoms with Gasteiger partial charge in [0, 0.05) is 22.7 Å². The topological polar surface area (TPSA) is 24.9 Å². The van der Waals surface area contributed by atoms with Gasteiger partial charge in [-0.1, -0.05) is 6.92 Å². The fourth-order valence-corrected chi connectivity index (χ4v) is 4.14. The summed E-state index contributed by atoms with van der Waals surface area (Å²) < 4.78 is 0. The summed E-state index contributed by atoms with van der Waals surface area (Å²) in [6, 6.07) is 1.10. The number of hydrogen-bond donors (Lipinski definition) is 1. The number of nitrogens with one attached hydrogen (secondary N) is 1. The van der Waals surface area contributed by atoms with Crippen LogP contribution in [-0.4, -0.2) is 22.0 Å². The maximum absolute atomic E-state index is 4.36. The molecule has 0 spiro atoms. The van der Waals surface area contributed by atoms with Crippen molar-refractivity contribution in [1.29, 1.82) is 0 Å². The highest BCUT2D eigenvalue weighted by Gasteiger charge is 2.25. The molecule has 0 radical (unpaired) electrons. The number of hydrogen-bond acceptors (Lipinski definition) is 4. The second-order valence-corrected chi connectivity index (χ2v) is 6.69. The van der Waals surface area contributed by atoms with E-state index in [1.54, 1.807) is 11.3 Å². The summed E-state index contributed by atoms with van der Waals surface area (Å²) >= 11 is 3.79. The predicted octanol–water partition coefficient (Wildman–Crippen LogP) is 3.47. The minimum Gasteiger partial charge on any atom is -0.306 e. The molecule has 3 atom stereocenters. The Kier molecular flexibility index (Phi) is 4.67. The van der Waals surface area contributed by atoms with E-state index in [4.69, 9.17) is 0 Å². The molecule has 0 saturated heterocycles. The van der Waals surface area contributed by atoms with Crippen LogP contribution < -0.4 is 5.32 Å². The van der Waals surface area contributed by atoms with Gasteiger partial charge < -0.3 is 5.32 Å². The van der Waals surface area contributed by atoms with Crippen LogP contribution in [0.4, 0.5) is 0 Å². The first-order valence-electron chi connectivity index (χ1n) is 6.05. The Morgan fingerprint density at radius 2 is 2.50 bits per heavy atom. The molecule has 90 valence electrons. The smallest absolute Gasteiger partial charge is 0.0795 e. The Hall–Kier alpha value is -0.0600. The van der Waals surface area contributed by atoms with E-state index >= 15 is 0 Å². The van der Waals surface area contributed by atoms with Gasteiger partial charge in [0.05, 0.1) is 11.2 Å². The molecule has 0 amide bonds. The Labute approximate surface area is 106 Å². The highest BCUT2D eigenvalue weighted by atomic mass is 32.2. The van der Waals surface area contributed by atoms with E-state index in [9.17, 15) is 0 Å². The van der Waals surface area contributed by atoms with E-state index in [0.29, 0.717) is 12.1 Å². The third-order valence-electron chi connectivity index (χ3n) is 3.17. The molecule has 1 aromatic heterocycles. The van der Waals surface area contributed by atoms with E-state index in [1.807, 2.05) is 5.51 Å². The molecule has 0 aliphatic heterocycles. The zero-order valence-corrected chi connectivity index (χ0v) is 11.6. The Balaban J connectivity index is 1.78. The summed E-state index contributed by atoms with van der Waals surface area (Å²) in [5.74, 6) is 1.25. The van der Waals surface area contributed by atoms with E-state index in [2.05, 4.69) is 41.3 Å². The van der Waals surface area contributed by atoms with Crippen LogP contribution in [0.15, 0.2) is 10.9 Å². The van der Waals surface area contributed by atoms with Gasteiger partial charge in [-0.05, 0) is 31.9 Å². The van der Waals surface area contributed by atoms with Gasteiger partial charge in [0.25, 0.3) is 0 Å². The van der Waals surface area contributed by atoms with Crippen molar-refractivity contribution in [3.05, 3.63) is 16.6 Å². The van der Waals surface area contributed by atoms with Crippen LogP contribution in [0, 0.1) is 0 Å². The standard InChI is InChI=1S/C12H20N2S2/c1-3-16-11-5-4-10(6-11)14-9(2)12-7-15-8-13-12/h7-11,14H,3-6H2,1-2H3. The lowest BCUT2D eigenvalue weighted by molar-refractivity contribution is 0.457. The van der Waals surface area contributed by atoms with Crippen molar-refractivity contribution in [3.8, 4) is 0 Å². The maximum Gasteiger partial charge on any atom is 0.0795 e. The molecule has 1 saturated carbocycles. The van der Waals surface area contributed by atoms with Gasteiger partial charge in [-0.15, -0.1) is 11.3 Å². The molecule has 1 heterocycles. The van der Waals surface area contributed by atoms with Crippen molar-refractivity contribution in [2.45, 2.75) is 50.4 Å². The predicted molar refractivity (Wildman–Crippen MR) is 73.2 cm³/mol. The van der Waals surface area contributed by atoms with Crippen LogP contribution in [0.25, 0.3) is 0 Å². The minimum atomic E-state index is 0.404. The third-order valence-corrected chi connectivity index (χ3v) is 5.01. The fraction of sp³-hybridized carbons (Fsp3) is 0.750. The molecule has 1 aliphatic rings. The monoisotopic (exact) mass is 256 g/mol. The molecule has 2 rings (SSSR count). The van der Waals surface area contributed by atoms with Gasteiger partial charge in [0.2, 0.25) is 0 Å². The van der Waals surface area contributed by atoms with Crippen molar-refractivity contribution < 1.29 is 0 Å². The Morgan fingerprint density at radius 3 is 3.19 bits per heavy atom. The summed E-state index contributed by atoms with van der Waals surface area (Å²) in [6.07, 6.45) is 4.03. The molecule has 3 unspecified atom stereocenters. The van der Waals surface area contributed by atoms with Crippen molar-refractivity contribution in [2.24, 2.45) is 0 Å². The van der Waals surface area contributed by atoms with E-state index in [1.165, 1.54) is 30.7 Å². The van der Waals surface area contributed by atoms with E-state index in [0.717, 1.165) is 5.25 Å². The molecule has 1 aliphatic carbocycles. The van der Waals surface area contributed by atoms with E-state index < -0.39 is 0 Å². The number of thiazole rings is 1. The summed E-state index contributed by atoms with van der Waals surface area (Å²) in [5, 5.41) is 6.72. The highest BCUT2D eigenvalue weighted by Crippen LogP contribution is 2.30. The number of thioether (sulfide) groups is 1. The maximum atomic E-state index is 4.36. The first-order valence-corrected chi connectivity index (χ1v) is 8.04. The van der Waals surface area contributed by atoms with Crippen LogP contribution in [-0.2, 0) is 0 Å². The van der Waals surface area contributed by atoms with Crippen LogP contribution in [0.1, 0.15) is 44.8 Å². The first-order chi connectivity index (χ1) is 7.79. The lowest BCUT2D eigenvalue weighted by Gasteiger charge is -2.18. The number of nitrogens with zero attached hydrogens (tertiary/aromatic N) is 1. The van der Waals surface area contributed by atoms with Gasteiger partial charge in [-0.2, -0.15) is 11.8 Å². The molecular weight excluding hydrogens is 236 g/mol. The Morgan fingerprint density at radius 1 is 1.62 bits per heavy atom. The molecule has 2 nitrogen and oxygen atoms in total. The van der Waals surface area contributed by atoms with Crippen molar-refractivity contribution in [2.75, 3.05) is 5.75 Å². The number of aromatic nitrogens is 1. The van der Waals surface area contributed by atoms with E-state index in [-0.39, 0.29) is 0 Å². The van der Waals surface area contributed by atoms with Gasteiger partial charge in [-0.25, -0.2) is 4.98 Å². The lowest BCUT2D eigenvalue weighted by atomic mass is 10.2. The van der Waals surface area contributed by atoms with Crippen molar-refractivity contribution in [3.63, 3.8) is 0 Å². The average Bonchev–Trinajstić information content (AvgIpc) is 2.89. The molecule has 16 heavy (non-hydrogen) atoms. The molecule has 1 N–H and O–H groups in total. The van der Waals surface area contributed by atoms with Gasteiger partial charge in [0.15, 0.2) is 0 Å². The third kappa shape index (κ3) is 3.22. The molecule has 0 aromatic carbocycles. The molecule has 4 heteroatoms. The molecular formula is C12H20N2S2. The SMILES string of the molecule is CCSC1CCC(NC(C)c2cscn2)C1. The molecule has 0 bridgehead atoms. The minimum absolute atomic E-state index is 0.404. The fourth-order valence-electron chi connectivity index (χ4n) is 2.35. The van der Waals surface area contributed by atoms with Crippen molar-refractivity contribution in [1.82, 2.24) is 10.3 Å².